The number of hydrogen-bond donors (Lipinski definition) is 0. The van der Waals surface area contributed by atoms with Gasteiger partial charge in [-0.3, -0.25) is 0 Å². The van der Waals surface area contributed by atoms with Crippen molar-refractivity contribution >= 4 is 22.1 Å². The van der Waals surface area contributed by atoms with Crippen molar-refractivity contribution in [3.8, 4) is 32.7 Å². The molecular formula is C33H28S. The lowest BCUT2D eigenvalue weighted by Crippen LogP contribution is -2.17. The van der Waals surface area contributed by atoms with Crippen LogP contribution in [0.4, 0.5) is 0 Å². The minimum atomic E-state index is -0.0491. The Bertz CT molecular complexity index is 1660. The van der Waals surface area contributed by atoms with Gasteiger partial charge in [0.2, 0.25) is 0 Å². The molecule has 1 heteroatoms. The highest BCUT2D eigenvalue weighted by Crippen LogP contribution is 2.58. The fraction of sp³-hybridized carbons (Fsp3) is 0.212. The van der Waals surface area contributed by atoms with Crippen molar-refractivity contribution in [1.29, 1.82) is 0 Å². The van der Waals surface area contributed by atoms with Gasteiger partial charge in [-0.15, -0.1) is 11.3 Å². The lowest BCUT2D eigenvalue weighted by atomic mass is 9.79. The standard InChI is InChI=1S/C33H28S/c1-19-14-15-30(34-19)24-17-29-31(22-12-7-6-10-20(22)24)25-18-27-23(16-28(25)33(29,4)5)21-11-8-9-13-26(21)32(27,2)3/h6-18H,1-5H3. The summed E-state index contributed by atoms with van der Waals surface area (Å²) in [5.41, 5.74) is 12.8. The molecule has 0 spiro atoms. The summed E-state index contributed by atoms with van der Waals surface area (Å²) in [6, 6.07) is 30.1. The minimum absolute atomic E-state index is 0.0120. The molecule has 7 rings (SSSR count). The second-order valence-corrected chi connectivity index (χ2v) is 12.3. The van der Waals surface area contributed by atoms with E-state index >= 15 is 0 Å². The molecule has 4 aromatic carbocycles. The average molecular weight is 457 g/mol. The molecule has 0 bridgehead atoms. The summed E-state index contributed by atoms with van der Waals surface area (Å²) in [6.45, 7) is 11.8. The van der Waals surface area contributed by atoms with E-state index in [2.05, 4.69) is 113 Å². The summed E-state index contributed by atoms with van der Waals surface area (Å²) in [5.74, 6) is 0. The Labute approximate surface area is 205 Å². The maximum Gasteiger partial charge on any atom is 0.0351 e. The predicted octanol–water partition coefficient (Wildman–Crippen LogP) is 9.49. The van der Waals surface area contributed by atoms with Crippen molar-refractivity contribution in [2.75, 3.05) is 0 Å². The van der Waals surface area contributed by atoms with Crippen molar-refractivity contribution in [2.45, 2.75) is 45.4 Å². The first-order chi connectivity index (χ1) is 16.3. The molecule has 1 heterocycles. The van der Waals surface area contributed by atoms with Gasteiger partial charge in [-0.25, -0.2) is 0 Å². The van der Waals surface area contributed by atoms with Crippen LogP contribution in [0.3, 0.4) is 0 Å². The highest BCUT2D eigenvalue weighted by atomic mass is 32.1. The largest absolute Gasteiger partial charge is 0.141 e. The van der Waals surface area contributed by atoms with Crippen LogP contribution in [0.1, 0.15) is 54.8 Å². The summed E-state index contributed by atoms with van der Waals surface area (Å²) in [7, 11) is 0. The minimum Gasteiger partial charge on any atom is -0.141 e. The molecule has 1 aromatic heterocycles. The van der Waals surface area contributed by atoms with Gasteiger partial charge in [-0.2, -0.15) is 0 Å². The predicted molar refractivity (Wildman–Crippen MR) is 147 cm³/mol. The van der Waals surface area contributed by atoms with E-state index in [0.29, 0.717) is 0 Å². The Morgan fingerprint density at radius 3 is 1.91 bits per heavy atom. The molecule has 2 aliphatic rings. The van der Waals surface area contributed by atoms with E-state index in [1.165, 1.54) is 70.6 Å². The molecule has 0 nitrogen and oxygen atoms in total. The second kappa shape index (κ2) is 6.49. The molecule has 5 aromatic rings. The van der Waals surface area contributed by atoms with Gasteiger partial charge < -0.3 is 0 Å². The Balaban J connectivity index is 1.58. The van der Waals surface area contributed by atoms with Gasteiger partial charge in [0, 0.05) is 20.6 Å². The number of thiophene rings is 1. The third kappa shape index (κ3) is 2.43. The van der Waals surface area contributed by atoms with E-state index in [9.17, 15) is 0 Å². The molecule has 0 fully saturated rings. The van der Waals surface area contributed by atoms with Crippen LogP contribution in [-0.2, 0) is 10.8 Å². The lowest BCUT2D eigenvalue weighted by molar-refractivity contribution is 0.652. The SMILES string of the molecule is Cc1ccc(-c2cc3c(c4ccccc24)-c2cc4c(cc2C3(C)C)-c2ccccc2C4(C)C)s1. The monoisotopic (exact) mass is 456 g/mol. The van der Waals surface area contributed by atoms with Crippen molar-refractivity contribution in [2.24, 2.45) is 0 Å². The van der Waals surface area contributed by atoms with Gasteiger partial charge in [0.25, 0.3) is 0 Å². The Morgan fingerprint density at radius 1 is 0.529 bits per heavy atom. The molecule has 0 radical (unpaired) electrons. The maximum atomic E-state index is 2.53. The van der Waals surface area contributed by atoms with Crippen molar-refractivity contribution in [1.82, 2.24) is 0 Å². The first-order valence-corrected chi connectivity index (χ1v) is 13.0. The van der Waals surface area contributed by atoms with Crippen LogP contribution in [0.5, 0.6) is 0 Å². The van der Waals surface area contributed by atoms with Gasteiger partial charge in [0.15, 0.2) is 0 Å². The van der Waals surface area contributed by atoms with Gasteiger partial charge in [-0.1, -0.05) is 76.2 Å². The summed E-state index contributed by atoms with van der Waals surface area (Å²) in [4.78, 5) is 2.72. The van der Waals surface area contributed by atoms with Crippen LogP contribution in [0.15, 0.2) is 78.9 Å². The summed E-state index contributed by atoms with van der Waals surface area (Å²) < 4.78 is 0. The van der Waals surface area contributed by atoms with E-state index in [1.54, 1.807) is 0 Å². The van der Waals surface area contributed by atoms with Crippen LogP contribution in [-0.4, -0.2) is 0 Å². The molecule has 2 aliphatic carbocycles. The number of hydrogen-bond acceptors (Lipinski definition) is 1. The summed E-state index contributed by atoms with van der Waals surface area (Å²) in [6.07, 6.45) is 0. The molecule has 0 atom stereocenters. The third-order valence-corrected chi connectivity index (χ3v) is 9.42. The van der Waals surface area contributed by atoms with E-state index in [4.69, 9.17) is 0 Å². The van der Waals surface area contributed by atoms with Crippen LogP contribution >= 0.6 is 11.3 Å². The highest BCUT2D eigenvalue weighted by molar-refractivity contribution is 7.15. The normalized spacial score (nSPS) is 16.3. The van der Waals surface area contributed by atoms with E-state index in [-0.39, 0.29) is 10.8 Å². The fourth-order valence-electron chi connectivity index (χ4n) is 6.56. The lowest BCUT2D eigenvalue weighted by Gasteiger charge is -2.24. The number of aryl methyl sites for hydroxylation is 1. The van der Waals surface area contributed by atoms with Gasteiger partial charge >= 0.3 is 0 Å². The molecule has 0 unspecified atom stereocenters. The molecule has 0 N–H and O–H groups in total. The zero-order valence-electron chi connectivity index (χ0n) is 20.4. The Morgan fingerprint density at radius 2 is 1.15 bits per heavy atom. The average Bonchev–Trinajstić information content (AvgIpc) is 3.43. The van der Waals surface area contributed by atoms with E-state index in [1.807, 2.05) is 11.3 Å². The summed E-state index contributed by atoms with van der Waals surface area (Å²) in [5, 5.41) is 2.73. The third-order valence-electron chi connectivity index (χ3n) is 8.39. The van der Waals surface area contributed by atoms with Crippen molar-refractivity contribution in [3.05, 3.63) is 106 Å². The Hall–Kier alpha value is -3.16. The quantitative estimate of drug-likeness (QED) is 0.236. The first kappa shape index (κ1) is 20.2. The smallest absolute Gasteiger partial charge is 0.0351 e. The molecule has 0 saturated heterocycles. The second-order valence-electron chi connectivity index (χ2n) is 11.0. The maximum absolute atomic E-state index is 2.53. The van der Waals surface area contributed by atoms with Gasteiger partial charge in [-0.05, 0) is 98.1 Å². The Kier molecular flexibility index (Phi) is 3.86. The topological polar surface area (TPSA) is 0 Å². The summed E-state index contributed by atoms with van der Waals surface area (Å²) >= 11 is 1.89. The molecule has 0 saturated carbocycles. The zero-order valence-corrected chi connectivity index (χ0v) is 21.2. The van der Waals surface area contributed by atoms with Crippen LogP contribution in [0.2, 0.25) is 0 Å². The number of benzene rings is 4. The highest BCUT2D eigenvalue weighted by Gasteiger charge is 2.42. The molecule has 34 heavy (non-hydrogen) atoms. The fourth-order valence-corrected chi connectivity index (χ4v) is 7.46. The zero-order chi connectivity index (χ0) is 23.4. The van der Waals surface area contributed by atoms with Gasteiger partial charge in [0.05, 0.1) is 0 Å². The number of rotatable bonds is 1. The van der Waals surface area contributed by atoms with Crippen LogP contribution in [0.25, 0.3) is 43.5 Å². The molecular weight excluding hydrogens is 428 g/mol. The first-order valence-electron chi connectivity index (χ1n) is 12.2. The van der Waals surface area contributed by atoms with Crippen molar-refractivity contribution < 1.29 is 0 Å². The molecule has 0 aliphatic heterocycles. The van der Waals surface area contributed by atoms with Crippen molar-refractivity contribution in [3.63, 3.8) is 0 Å². The number of fused-ring (bicyclic) bond motifs is 8. The van der Waals surface area contributed by atoms with Crippen LogP contribution in [0, 0.1) is 6.92 Å². The molecule has 0 amide bonds. The van der Waals surface area contributed by atoms with E-state index in [0.717, 1.165) is 0 Å². The van der Waals surface area contributed by atoms with Crippen LogP contribution < -0.4 is 0 Å². The van der Waals surface area contributed by atoms with Gasteiger partial charge in [0.1, 0.15) is 0 Å². The van der Waals surface area contributed by atoms with E-state index < -0.39 is 0 Å². The molecule has 166 valence electrons.